The van der Waals surface area contributed by atoms with Gasteiger partial charge in [0.25, 0.3) is 0 Å². The van der Waals surface area contributed by atoms with E-state index in [1.807, 2.05) is 48.5 Å². The van der Waals surface area contributed by atoms with Crippen LogP contribution in [0.25, 0.3) is 10.9 Å². The molecule has 4 rings (SSSR count). The van der Waals surface area contributed by atoms with Crippen LogP contribution in [0, 0.1) is 5.92 Å². The van der Waals surface area contributed by atoms with Crippen molar-refractivity contribution in [1.29, 1.82) is 0 Å². The van der Waals surface area contributed by atoms with Crippen molar-refractivity contribution in [3.8, 4) is 0 Å². The minimum absolute atomic E-state index is 0.196. The molecule has 7 nitrogen and oxygen atoms in total. The van der Waals surface area contributed by atoms with Crippen molar-refractivity contribution >= 4 is 23.0 Å². The normalized spacial score (nSPS) is 18.5. The van der Waals surface area contributed by atoms with E-state index in [2.05, 4.69) is 35.5 Å². The third-order valence-electron chi connectivity index (χ3n) is 6.08. The number of esters is 1. The van der Waals surface area contributed by atoms with E-state index in [0.717, 1.165) is 27.7 Å². The van der Waals surface area contributed by atoms with Crippen molar-refractivity contribution in [2.45, 2.75) is 51.4 Å². The highest BCUT2D eigenvalue weighted by Gasteiger charge is 2.38. The summed E-state index contributed by atoms with van der Waals surface area (Å²) in [5, 5.41) is 7.57. The molecular formula is C26H31N3O4. The van der Waals surface area contributed by atoms with Crippen LogP contribution >= 0.6 is 0 Å². The Hall–Kier alpha value is -3.32. The maximum Gasteiger partial charge on any atom is 0.407 e. The van der Waals surface area contributed by atoms with E-state index in [1.54, 1.807) is 0 Å². The zero-order valence-electron chi connectivity index (χ0n) is 19.3. The van der Waals surface area contributed by atoms with Crippen molar-refractivity contribution in [1.82, 2.24) is 15.6 Å². The summed E-state index contributed by atoms with van der Waals surface area (Å²) in [6, 6.07) is 16.6. The smallest absolute Gasteiger partial charge is 0.407 e. The maximum atomic E-state index is 12.7. The molecule has 0 saturated carbocycles. The van der Waals surface area contributed by atoms with E-state index in [-0.39, 0.29) is 24.7 Å². The Bertz CT molecular complexity index is 1110. The highest BCUT2D eigenvalue weighted by molar-refractivity contribution is 5.87. The standard InChI is InChI=1S/C26H31N3O4/c1-16(2)13-21(29-26(31)33-15-17-9-5-4-6-10-17)24-23-19(14-22(28-24)25(30)32-3)18-11-7-8-12-20(18)27-23/h4-12,16,21-22,24,27-28H,13-15H2,1-3H3,(H,29,31)/t21-,22+,24+/m1/s1. The second-order valence-electron chi connectivity index (χ2n) is 8.93. The maximum absolute atomic E-state index is 12.7. The number of alkyl carbamates (subject to hydrolysis) is 1. The highest BCUT2D eigenvalue weighted by atomic mass is 16.5. The Morgan fingerprint density at radius 1 is 1.09 bits per heavy atom. The number of ether oxygens (including phenoxy) is 2. The number of fused-ring (bicyclic) bond motifs is 3. The molecule has 33 heavy (non-hydrogen) atoms. The quantitative estimate of drug-likeness (QED) is 0.469. The van der Waals surface area contributed by atoms with Gasteiger partial charge in [-0.25, -0.2) is 4.79 Å². The van der Waals surface area contributed by atoms with Gasteiger partial charge in [0.2, 0.25) is 0 Å². The van der Waals surface area contributed by atoms with Crippen molar-refractivity contribution in [3.05, 3.63) is 71.4 Å². The zero-order valence-corrected chi connectivity index (χ0v) is 19.3. The average Bonchev–Trinajstić information content (AvgIpc) is 3.20. The van der Waals surface area contributed by atoms with Gasteiger partial charge in [0.15, 0.2) is 0 Å². The third-order valence-corrected chi connectivity index (χ3v) is 6.08. The number of H-pyrrole nitrogens is 1. The van der Waals surface area contributed by atoms with E-state index in [1.165, 1.54) is 7.11 Å². The summed E-state index contributed by atoms with van der Waals surface area (Å²) in [5.41, 5.74) is 4.01. The van der Waals surface area contributed by atoms with Crippen LogP contribution in [0.1, 0.15) is 43.1 Å². The Morgan fingerprint density at radius 2 is 1.82 bits per heavy atom. The van der Waals surface area contributed by atoms with Crippen molar-refractivity contribution in [2.75, 3.05) is 7.11 Å². The summed E-state index contributed by atoms with van der Waals surface area (Å²) in [5.74, 6) is 0.00318. The fraction of sp³-hybridized carbons (Fsp3) is 0.385. The van der Waals surface area contributed by atoms with Gasteiger partial charge in [-0.3, -0.25) is 10.1 Å². The first-order valence-corrected chi connectivity index (χ1v) is 11.4. The van der Waals surface area contributed by atoms with Gasteiger partial charge in [-0.1, -0.05) is 62.4 Å². The zero-order chi connectivity index (χ0) is 23.4. The van der Waals surface area contributed by atoms with E-state index >= 15 is 0 Å². The molecule has 174 valence electrons. The van der Waals surface area contributed by atoms with Gasteiger partial charge in [0.1, 0.15) is 12.6 Å². The van der Waals surface area contributed by atoms with Crippen LogP contribution in [0.15, 0.2) is 54.6 Å². The number of rotatable bonds is 7. The monoisotopic (exact) mass is 449 g/mol. The average molecular weight is 450 g/mol. The number of carbonyl (C=O) groups is 2. The van der Waals surface area contributed by atoms with Gasteiger partial charge < -0.3 is 19.8 Å². The topological polar surface area (TPSA) is 92.5 Å². The first-order chi connectivity index (χ1) is 16.0. The SMILES string of the molecule is COC(=O)[C@@H]1Cc2c([nH]c3ccccc23)[C@H]([C@@H](CC(C)C)NC(=O)OCc2ccccc2)N1. The lowest BCUT2D eigenvalue weighted by Crippen LogP contribution is -2.53. The third kappa shape index (κ3) is 5.20. The molecule has 1 aliphatic rings. The predicted octanol–water partition coefficient (Wildman–Crippen LogP) is 4.24. The second kappa shape index (κ2) is 10.1. The van der Waals surface area contributed by atoms with Gasteiger partial charge in [-0.2, -0.15) is 0 Å². The number of carbonyl (C=O) groups excluding carboxylic acids is 2. The minimum atomic E-state index is -0.497. The van der Waals surface area contributed by atoms with Crippen LogP contribution in [-0.4, -0.2) is 36.2 Å². The highest BCUT2D eigenvalue weighted by Crippen LogP contribution is 2.35. The van der Waals surface area contributed by atoms with Gasteiger partial charge in [-0.15, -0.1) is 0 Å². The molecule has 1 amide bonds. The number of benzene rings is 2. The number of methoxy groups -OCH3 is 1. The molecule has 3 aromatic rings. The Kier molecular flexibility index (Phi) is 6.99. The molecule has 1 aromatic heterocycles. The van der Waals surface area contributed by atoms with Crippen molar-refractivity contribution in [3.63, 3.8) is 0 Å². The fourth-order valence-electron chi connectivity index (χ4n) is 4.58. The number of hydrogen-bond acceptors (Lipinski definition) is 5. The largest absolute Gasteiger partial charge is 0.468 e. The number of aromatic nitrogens is 1. The summed E-state index contributed by atoms with van der Waals surface area (Å²) >= 11 is 0. The number of para-hydroxylation sites is 1. The first-order valence-electron chi connectivity index (χ1n) is 11.4. The fourth-order valence-corrected chi connectivity index (χ4v) is 4.58. The summed E-state index contributed by atoms with van der Waals surface area (Å²) in [6.07, 6.45) is 0.750. The molecule has 2 heterocycles. The molecule has 1 aliphatic heterocycles. The van der Waals surface area contributed by atoms with Gasteiger partial charge in [0, 0.05) is 23.0 Å². The van der Waals surface area contributed by atoms with Crippen LogP contribution < -0.4 is 10.6 Å². The molecule has 0 saturated heterocycles. The summed E-state index contributed by atoms with van der Waals surface area (Å²) in [4.78, 5) is 28.8. The molecule has 0 aliphatic carbocycles. The number of hydrogen-bond donors (Lipinski definition) is 3. The van der Waals surface area contributed by atoms with Crippen LogP contribution in [0.5, 0.6) is 0 Å². The van der Waals surface area contributed by atoms with E-state index < -0.39 is 12.1 Å². The lowest BCUT2D eigenvalue weighted by molar-refractivity contribution is -0.143. The molecule has 0 spiro atoms. The minimum Gasteiger partial charge on any atom is -0.468 e. The lowest BCUT2D eigenvalue weighted by Gasteiger charge is -2.36. The molecule has 7 heteroatoms. The summed E-state index contributed by atoms with van der Waals surface area (Å²) in [6.45, 7) is 4.41. The molecule has 0 fully saturated rings. The molecule has 0 bridgehead atoms. The van der Waals surface area contributed by atoms with Gasteiger partial charge in [0.05, 0.1) is 19.2 Å². The van der Waals surface area contributed by atoms with Crippen molar-refractivity contribution in [2.24, 2.45) is 5.92 Å². The number of amides is 1. The Morgan fingerprint density at radius 3 is 2.55 bits per heavy atom. The summed E-state index contributed by atoms with van der Waals surface area (Å²) in [7, 11) is 1.40. The Balaban J connectivity index is 1.61. The lowest BCUT2D eigenvalue weighted by atomic mass is 9.87. The number of nitrogens with one attached hydrogen (secondary N) is 3. The van der Waals surface area contributed by atoms with E-state index in [0.29, 0.717) is 18.8 Å². The van der Waals surface area contributed by atoms with Crippen LogP contribution in [-0.2, 0) is 27.3 Å². The molecule has 0 unspecified atom stereocenters. The van der Waals surface area contributed by atoms with E-state index in [4.69, 9.17) is 9.47 Å². The molecule has 0 radical (unpaired) electrons. The molecule has 3 atom stereocenters. The molecule has 2 aromatic carbocycles. The second-order valence-corrected chi connectivity index (χ2v) is 8.93. The Labute approximate surface area is 193 Å². The van der Waals surface area contributed by atoms with Crippen molar-refractivity contribution < 1.29 is 19.1 Å². The molecule has 3 N–H and O–H groups in total. The van der Waals surface area contributed by atoms with Crippen LogP contribution in [0.4, 0.5) is 4.79 Å². The summed E-state index contributed by atoms with van der Waals surface area (Å²) < 4.78 is 10.5. The number of aromatic amines is 1. The van der Waals surface area contributed by atoms with Gasteiger partial charge >= 0.3 is 12.1 Å². The van der Waals surface area contributed by atoms with Crippen LogP contribution in [0.2, 0.25) is 0 Å². The van der Waals surface area contributed by atoms with E-state index in [9.17, 15) is 9.59 Å². The first kappa shape index (κ1) is 22.9. The van der Waals surface area contributed by atoms with Gasteiger partial charge in [-0.05, 0) is 29.5 Å². The molecular weight excluding hydrogens is 418 g/mol. The predicted molar refractivity (Wildman–Crippen MR) is 127 cm³/mol. The van der Waals surface area contributed by atoms with Crippen LogP contribution in [0.3, 0.4) is 0 Å².